The van der Waals surface area contributed by atoms with E-state index >= 15 is 0 Å². The Hall–Kier alpha value is -2.02. The summed E-state index contributed by atoms with van der Waals surface area (Å²) in [5.74, 6) is 0.923. The molecule has 0 unspecified atom stereocenters. The van der Waals surface area contributed by atoms with Crippen molar-refractivity contribution in [2.24, 2.45) is 0 Å². The van der Waals surface area contributed by atoms with Crippen molar-refractivity contribution in [3.05, 3.63) is 35.0 Å². The maximum Gasteiger partial charge on any atom is 0.273 e. The van der Waals surface area contributed by atoms with Gasteiger partial charge in [0, 0.05) is 37.3 Å². The third kappa shape index (κ3) is 3.09. The van der Waals surface area contributed by atoms with Gasteiger partial charge in [0.2, 0.25) is 0 Å². The van der Waals surface area contributed by atoms with Gasteiger partial charge in [-0.3, -0.25) is 4.79 Å². The zero-order valence-corrected chi connectivity index (χ0v) is 13.6. The summed E-state index contributed by atoms with van der Waals surface area (Å²) in [6.45, 7) is 3.48. The second-order valence-corrected chi connectivity index (χ2v) is 6.55. The molecule has 7 heteroatoms. The van der Waals surface area contributed by atoms with E-state index in [4.69, 9.17) is 0 Å². The van der Waals surface area contributed by atoms with Crippen LogP contribution in [0.4, 0.5) is 5.82 Å². The fourth-order valence-corrected chi connectivity index (χ4v) is 3.29. The van der Waals surface area contributed by atoms with Crippen molar-refractivity contribution in [1.29, 1.82) is 0 Å². The molecule has 22 heavy (non-hydrogen) atoms. The van der Waals surface area contributed by atoms with Gasteiger partial charge in [-0.1, -0.05) is 0 Å². The lowest BCUT2D eigenvalue weighted by molar-refractivity contribution is 0.0708. The predicted octanol–water partition coefficient (Wildman–Crippen LogP) is 1.98. The van der Waals surface area contributed by atoms with E-state index in [9.17, 15) is 4.79 Å². The summed E-state index contributed by atoms with van der Waals surface area (Å²) in [4.78, 5) is 17.5. The summed E-state index contributed by atoms with van der Waals surface area (Å²) in [5, 5.41) is 8.07. The normalized spacial score (nSPS) is 15.8. The SMILES string of the molecule is Cc1cc(C(=O)N2CCC(N(C)c3cccnn3)CC2)ns1. The first-order valence-electron chi connectivity index (χ1n) is 7.38. The molecule has 2 aromatic heterocycles. The Morgan fingerprint density at radius 2 is 2.18 bits per heavy atom. The summed E-state index contributed by atoms with van der Waals surface area (Å²) in [7, 11) is 2.04. The van der Waals surface area contributed by atoms with Crippen LogP contribution in [0.2, 0.25) is 0 Å². The largest absolute Gasteiger partial charge is 0.355 e. The lowest BCUT2D eigenvalue weighted by atomic mass is 10.0. The molecule has 0 aliphatic carbocycles. The summed E-state index contributed by atoms with van der Waals surface area (Å²) in [6.07, 6.45) is 3.54. The number of hydrogen-bond donors (Lipinski definition) is 0. The highest BCUT2D eigenvalue weighted by molar-refractivity contribution is 7.05. The highest BCUT2D eigenvalue weighted by Gasteiger charge is 2.27. The molecule has 0 N–H and O–H groups in total. The smallest absolute Gasteiger partial charge is 0.273 e. The number of carbonyl (C=O) groups is 1. The molecule has 1 amide bonds. The lowest BCUT2D eigenvalue weighted by Gasteiger charge is -2.36. The van der Waals surface area contributed by atoms with E-state index in [2.05, 4.69) is 19.5 Å². The zero-order chi connectivity index (χ0) is 15.5. The van der Waals surface area contributed by atoms with Crippen LogP contribution in [-0.2, 0) is 0 Å². The number of piperidine rings is 1. The first-order valence-corrected chi connectivity index (χ1v) is 8.15. The quantitative estimate of drug-likeness (QED) is 0.866. The van der Waals surface area contributed by atoms with Crippen molar-refractivity contribution in [1.82, 2.24) is 19.5 Å². The molecule has 0 radical (unpaired) electrons. The Labute approximate surface area is 133 Å². The first-order chi connectivity index (χ1) is 10.6. The van der Waals surface area contributed by atoms with Gasteiger partial charge in [-0.15, -0.1) is 5.10 Å². The predicted molar refractivity (Wildman–Crippen MR) is 86.2 cm³/mol. The Bertz CT molecular complexity index is 636. The highest BCUT2D eigenvalue weighted by atomic mass is 32.1. The fourth-order valence-electron chi connectivity index (χ4n) is 2.75. The van der Waals surface area contributed by atoms with Gasteiger partial charge >= 0.3 is 0 Å². The molecule has 3 heterocycles. The van der Waals surface area contributed by atoms with Crippen LogP contribution < -0.4 is 4.90 Å². The molecule has 116 valence electrons. The second kappa shape index (κ2) is 6.39. The number of aryl methyl sites for hydroxylation is 1. The summed E-state index contributed by atoms with van der Waals surface area (Å²) < 4.78 is 4.21. The highest BCUT2D eigenvalue weighted by Crippen LogP contribution is 2.21. The monoisotopic (exact) mass is 317 g/mol. The Kier molecular flexibility index (Phi) is 4.33. The van der Waals surface area contributed by atoms with Crippen molar-refractivity contribution >= 4 is 23.3 Å². The van der Waals surface area contributed by atoms with E-state index in [0.29, 0.717) is 11.7 Å². The van der Waals surface area contributed by atoms with Gasteiger partial charge in [0.15, 0.2) is 5.82 Å². The van der Waals surface area contributed by atoms with Crippen LogP contribution in [-0.4, -0.2) is 51.6 Å². The third-order valence-electron chi connectivity index (χ3n) is 4.07. The number of carbonyl (C=O) groups excluding carboxylic acids is 1. The van der Waals surface area contributed by atoms with Gasteiger partial charge < -0.3 is 9.80 Å². The van der Waals surface area contributed by atoms with Gasteiger partial charge in [-0.05, 0) is 49.5 Å². The average molecular weight is 317 g/mol. The van der Waals surface area contributed by atoms with Crippen LogP contribution >= 0.6 is 11.5 Å². The average Bonchev–Trinajstić information content (AvgIpc) is 3.01. The molecular weight excluding hydrogens is 298 g/mol. The van der Waals surface area contributed by atoms with E-state index in [1.807, 2.05) is 37.1 Å². The van der Waals surface area contributed by atoms with Crippen LogP contribution in [0.5, 0.6) is 0 Å². The molecule has 0 saturated carbocycles. The Morgan fingerprint density at radius 3 is 2.77 bits per heavy atom. The second-order valence-electron chi connectivity index (χ2n) is 5.54. The lowest BCUT2D eigenvalue weighted by Crippen LogP contribution is -2.46. The third-order valence-corrected chi connectivity index (χ3v) is 4.76. The molecule has 1 fully saturated rings. The molecule has 0 bridgehead atoms. The van der Waals surface area contributed by atoms with Crippen molar-refractivity contribution in [3.63, 3.8) is 0 Å². The van der Waals surface area contributed by atoms with E-state index in [1.54, 1.807) is 6.20 Å². The molecule has 2 aromatic rings. The number of nitrogens with zero attached hydrogens (tertiary/aromatic N) is 5. The van der Waals surface area contributed by atoms with Gasteiger partial charge in [0.05, 0.1) is 0 Å². The molecular formula is C15H19N5OS. The molecule has 1 aliphatic rings. The molecule has 1 aliphatic heterocycles. The Balaban J connectivity index is 1.59. The maximum atomic E-state index is 12.4. The number of anilines is 1. The zero-order valence-electron chi connectivity index (χ0n) is 12.8. The van der Waals surface area contributed by atoms with Crippen LogP contribution in [0.3, 0.4) is 0 Å². The van der Waals surface area contributed by atoms with Crippen LogP contribution in [0.25, 0.3) is 0 Å². The van der Waals surface area contributed by atoms with Crippen LogP contribution in [0, 0.1) is 6.92 Å². The minimum Gasteiger partial charge on any atom is -0.355 e. The van der Waals surface area contributed by atoms with Crippen molar-refractivity contribution in [3.8, 4) is 0 Å². The van der Waals surface area contributed by atoms with Crippen LogP contribution in [0.1, 0.15) is 28.2 Å². The number of hydrogen-bond acceptors (Lipinski definition) is 6. The number of likely N-dealkylation sites (tertiary alicyclic amines) is 1. The Morgan fingerprint density at radius 1 is 1.41 bits per heavy atom. The van der Waals surface area contributed by atoms with Crippen molar-refractivity contribution in [2.75, 3.05) is 25.0 Å². The van der Waals surface area contributed by atoms with E-state index < -0.39 is 0 Å². The number of aromatic nitrogens is 3. The fraction of sp³-hybridized carbons (Fsp3) is 0.467. The van der Waals surface area contributed by atoms with Crippen molar-refractivity contribution < 1.29 is 4.79 Å². The molecule has 3 rings (SSSR count). The minimum absolute atomic E-state index is 0.0463. The molecule has 6 nitrogen and oxygen atoms in total. The number of amides is 1. The van der Waals surface area contributed by atoms with Crippen molar-refractivity contribution in [2.45, 2.75) is 25.8 Å². The number of rotatable bonds is 3. The van der Waals surface area contributed by atoms with Gasteiger partial charge in [-0.2, -0.15) is 9.47 Å². The summed E-state index contributed by atoms with van der Waals surface area (Å²) >= 11 is 1.38. The molecule has 0 atom stereocenters. The van der Waals surface area contributed by atoms with Gasteiger partial charge in [-0.25, -0.2) is 0 Å². The van der Waals surface area contributed by atoms with Gasteiger partial charge in [0.1, 0.15) is 5.69 Å². The van der Waals surface area contributed by atoms with Gasteiger partial charge in [0.25, 0.3) is 5.91 Å². The maximum absolute atomic E-state index is 12.4. The van der Waals surface area contributed by atoms with E-state index in [-0.39, 0.29) is 5.91 Å². The topological polar surface area (TPSA) is 62.2 Å². The van der Waals surface area contributed by atoms with E-state index in [1.165, 1.54) is 11.5 Å². The summed E-state index contributed by atoms with van der Waals surface area (Å²) in [5.41, 5.74) is 0.572. The molecule has 0 aromatic carbocycles. The first kappa shape index (κ1) is 14.9. The molecule has 0 spiro atoms. The minimum atomic E-state index is 0.0463. The summed E-state index contributed by atoms with van der Waals surface area (Å²) in [6, 6.07) is 6.10. The van der Waals surface area contributed by atoms with E-state index in [0.717, 1.165) is 36.6 Å². The standard InChI is InChI=1S/C15H19N5OS/c1-11-10-13(18-22-11)15(21)20-8-5-12(6-9-20)19(2)14-4-3-7-16-17-14/h3-4,7,10,12H,5-6,8-9H2,1-2H3. The molecule has 1 saturated heterocycles. The van der Waals surface area contributed by atoms with Crippen LogP contribution in [0.15, 0.2) is 24.4 Å².